The summed E-state index contributed by atoms with van der Waals surface area (Å²) in [6, 6.07) is 10.8. The van der Waals surface area contributed by atoms with Crippen molar-refractivity contribution in [1.29, 1.82) is 5.26 Å². The Morgan fingerprint density at radius 1 is 0.969 bits per heavy atom. The minimum Gasteiger partial charge on any atom is -0.455 e. The molecule has 3 rings (SSSR count). The third-order valence-electron chi connectivity index (χ3n) is 4.71. The number of rotatable bonds is 5. The minimum absolute atomic E-state index is 0.0407. The van der Waals surface area contributed by atoms with E-state index >= 15 is 4.39 Å². The van der Waals surface area contributed by atoms with E-state index in [1.165, 1.54) is 31.2 Å². The van der Waals surface area contributed by atoms with Crippen molar-refractivity contribution < 1.29 is 31.5 Å². The number of nitriles is 1. The van der Waals surface area contributed by atoms with Crippen LogP contribution in [-0.2, 0) is 11.0 Å². The van der Waals surface area contributed by atoms with Gasteiger partial charge in [0, 0.05) is 0 Å². The summed E-state index contributed by atoms with van der Waals surface area (Å²) in [4.78, 5) is 12.5. The Balaban J connectivity index is 2.24. The average molecular weight is 446 g/mol. The topological polar surface area (TPSA) is 53.3 Å². The van der Waals surface area contributed by atoms with Gasteiger partial charge < -0.3 is 4.74 Å². The van der Waals surface area contributed by atoms with Gasteiger partial charge in [-0.1, -0.05) is 6.07 Å². The number of hydrogen-bond acceptors (Lipinski definition) is 3. The van der Waals surface area contributed by atoms with Crippen LogP contribution in [0.4, 0.5) is 33.3 Å². The lowest BCUT2D eigenvalue weighted by Gasteiger charge is -2.24. The number of nitrogens with zero attached hydrogens (tertiary/aromatic N) is 2. The van der Waals surface area contributed by atoms with Crippen molar-refractivity contribution >= 4 is 17.8 Å². The molecule has 4 nitrogen and oxygen atoms in total. The van der Waals surface area contributed by atoms with Crippen LogP contribution in [0.25, 0.3) is 0 Å². The lowest BCUT2D eigenvalue weighted by molar-refractivity contribution is -0.140. The van der Waals surface area contributed by atoms with Crippen LogP contribution in [0.15, 0.2) is 48.5 Å². The van der Waals surface area contributed by atoms with E-state index in [0.29, 0.717) is 22.1 Å². The second-order valence-electron chi connectivity index (χ2n) is 6.87. The molecule has 0 aromatic heterocycles. The fourth-order valence-corrected chi connectivity index (χ4v) is 3.04. The Bertz CT molecular complexity index is 1230. The van der Waals surface area contributed by atoms with Gasteiger partial charge in [-0.25, -0.2) is 8.78 Å². The predicted octanol–water partition coefficient (Wildman–Crippen LogP) is 6.56. The van der Waals surface area contributed by atoms with Crippen molar-refractivity contribution in [1.82, 2.24) is 0 Å². The first-order chi connectivity index (χ1) is 15.1. The Kier molecular flexibility index (Phi) is 6.16. The summed E-state index contributed by atoms with van der Waals surface area (Å²) in [6.45, 7) is 3.12. The number of amides is 1. The first-order valence-corrected chi connectivity index (χ1v) is 9.15. The first kappa shape index (κ1) is 22.7. The number of hydrogen-bond donors (Lipinski definition) is 0. The molecule has 0 saturated heterocycles. The normalized spacial score (nSPS) is 11.1. The van der Waals surface area contributed by atoms with E-state index in [2.05, 4.69) is 0 Å². The van der Waals surface area contributed by atoms with Gasteiger partial charge in [-0.05, 0) is 67.4 Å². The largest absolute Gasteiger partial charge is 0.455 e. The molecule has 3 aromatic carbocycles. The molecule has 0 N–H and O–H groups in total. The Morgan fingerprint density at radius 2 is 1.66 bits per heavy atom. The third-order valence-corrected chi connectivity index (χ3v) is 4.71. The molecule has 0 unspecified atom stereocenters. The number of halogens is 5. The summed E-state index contributed by atoms with van der Waals surface area (Å²) >= 11 is 0. The van der Waals surface area contributed by atoms with Gasteiger partial charge in [-0.2, -0.15) is 18.4 Å². The molecule has 0 spiro atoms. The van der Waals surface area contributed by atoms with Gasteiger partial charge in [-0.15, -0.1) is 0 Å². The summed E-state index contributed by atoms with van der Waals surface area (Å²) in [5.41, 5.74) is -1.43. The SMILES string of the molecule is Cc1ccc(N(C=O)c2c(Oc3ccc(F)cc3C)ccc(C(F)(F)F)c2F)cc1C#N. The van der Waals surface area contributed by atoms with Crippen LogP contribution in [0.1, 0.15) is 22.3 Å². The number of aryl methyl sites for hydroxylation is 2. The molecule has 1 amide bonds. The molecular formula is C23H15F5N2O2. The summed E-state index contributed by atoms with van der Waals surface area (Å²) in [5.74, 6) is -2.65. The Labute approximate surface area is 180 Å². The van der Waals surface area contributed by atoms with Crippen molar-refractivity contribution in [3.63, 3.8) is 0 Å². The Hall–Kier alpha value is -3.93. The second-order valence-corrected chi connectivity index (χ2v) is 6.87. The van der Waals surface area contributed by atoms with Crippen molar-refractivity contribution in [2.24, 2.45) is 0 Å². The van der Waals surface area contributed by atoms with E-state index in [4.69, 9.17) is 4.74 Å². The van der Waals surface area contributed by atoms with E-state index < -0.39 is 34.8 Å². The molecule has 0 fully saturated rings. The molecule has 0 aliphatic heterocycles. The molecule has 0 radical (unpaired) electrons. The van der Waals surface area contributed by atoms with Gasteiger partial charge in [0.25, 0.3) is 0 Å². The maximum absolute atomic E-state index is 15.2. The fraction of sp³-hybridized carbons (Fsp3) is 0.130. The van der Waals surface area contributed by atoms with Crippen molar-refractivity contribution in [2.75, 3.05) is 4.90 Å². The number of ether oxygens (including phenoxy) is 1. The Morgan fingerprint density at radius 3 is 2.25 bits per heavy atom. The van der Waals surface area contributed by atoms with Crippen LogP contribution in [-0.4, -0.2) is 6.41 Å². The quantitative estimate of drug-likeness (QED) is 0.330. The van der Waals surface area contributed by atoms with Crippen molar-refractivity contribution in [3.8, 4) is 17.6 Å². The van der Waals surface area contributed by atoms with Crippen LogP contribution in [0.3, 0.4) is 0 Å². The number of anilines is 2. The highest BCUT2D eigenvalue weighted by atomic mass is 19.4. The average Bonchev–Trinajstić information content (AvgIpc) is 2.72. The summed E-state index contributed by atoms with van der Waals surface area (Å²) < 4.78 is 74.2. The lowest BCUT2D eigenvalue weighted by Crippen LogP contribution is -2.19. The molecule has 0 atom stereocenters. The highest BCUT2D eigenvalue weighted by Crippen LogP contribution is 2.44. The van der Waals surface area contributed by atoms with Crippen molar-refractivity contribution in [3.05, 3.63) is 82.4 Å². The predicted molar refractivity (Wildman–Crippen MR) is 107 cm³/mol. The zero-order chi connectivity index (χ0) is 23.6. The van der Waals surface area contributed by atoms with Gasteiger partial charge in [0.2, 0.25) is 6.41 Å². The molecule has 3 aromatic rings. The van der Waals surface area contributed by atoms with E-state index in [0.717, 1.165) is 18.2 Å². The van der Waals surface area contributed by atoms with Crippen LogP contribution in [0.5, 0.6) is 11.5 Å². The molecule has 164 valence electrons. The van der Waals surface area contributed by atoms with Crippen molar-refractivity contribution in [2.45, 2.75) is 20.0 Å². The maximum atomic E-state index is 15.2. The van der Waals surface area contributed by atoms with Gasteiger partial charge in [-0.3, -0.25) is 9.69 Å². The highest BCUT2D eigenvalue weighted by Gasteiger charge is 2.37. The third kappa shape index (κ3) is 4.39. The molecule has 0 aliphatic rings. The number of alkyl halides is 3. The highest BCUT2D eigenvalue weighted by molar-refractivity contribution is 5.90. The summed E-state index contributed by atoms with van der Waals surface area (Å²) in [5, 5.41) is 9.24. The van der Waals surface area contributed by atoms with Crippen LogP contribution >= 0.6 is 0 Å². The fourth-order valence-electron chi connectivity index (χ4n) is 3.04. The lowest BCUT2D eigenvalue weighted by atomic mass is 10.1. The molecule has 32 heavy (non-hydrogen) atoms. The van der Waals surface area contributed by atoms with Gasteiger partial charge in [0.1, 0.15) is 17.3 Å². The summed E-state index contributed by atoms with van der Waals surface area (Å²) in [7, 11) is 0. The zero-order valence-electron chi connectivity index (χ0n) is 16.8. The van der Waals surface area contributed by atoms with E-state index in [1.807, 2.05) is 6.07 Å². The monoisotopic (exact) mass is 446 g/mol. The molecule has 0 aliphatic carbocycles. The van der Waals surface area contributed by atoms with Crippen LogP contribution < -0.4 is 9.64 Å². The van der Waals surface area contributed by atoms with Crippen LogP contribution in [0.2, 0.25) is 0 Å². The minimum atomic E-state index is -5.04. The standard InChI is InChI=1S/C23H15F5N2O2/c1-13-3-5-17(10-15(13)11-29)30(12-31)22-20(8-6-18(21(22)25)23(26,27)28)32-19-7-4-16(24)9-14(19)2/h3-10,12H,1-2H3. The van der Waals surface area contributed by atoms with Gasteiger partial charge in [0.05, 0.1) is 22.9 Å². The van der Waals surface area contributed by atoms with Gasteiger partial charge >= 0.3 is 6.18 Å². The molecule has 0 bridgehead atoms. The molecular weight excluding hydrogens is 431 g/mol. The van der Waals surface area contributed by atoms with Gasteiger partial charge in [0.15, 0.2) is 11.6 Å². The zero-order valence-corrected chi connectivity index (χ0v) is 16.8. The maximum Gasteiger partial charge on any atom is 0.419 e. The number of carbonyl (C=O) groups is 1. The first-order valence-electron chi connectivity index (χ1n) is 9.15. The van der Waals surface area contributed by atoms with Crippen LogP contribution in [0, 0.1) is 36.8 Å². The number of carbonyl (C=O) groups excluding carboxylic acids is 1. The van der Waals surface area contributed by atoms with E-state index in [-0.39, 0.29) is 23.4 Å². The van der Waals surface area contributed by atoms with E-state index in [1.54, 1.807) is 6.92 Å². The second kappa shape index (κ2) is 8.67. The molecule has 9 heteroatoms. The van der Waals surface area contributed by atoms with E-state index in [9.17, 15) is 27.6 Å². The smallest absolute Gasteiger partial charge is 0.419 e. The summed E-state index contributed by atoms with van der Waals surface area (Å²) in [6.07, 6.45) is -4.92. The molecule has 0 saturated carbocycles. The molecule has 0 heterocycles. The number of benzene rings is 3.